The summed E-state index contributed by atoms with van der Waals surface area (Å²) >= 11 is 0. The van der Waals surface area contributed by atoms with Crippen molar-refractivity contribution in [1.29, 1.82) is 0 Å². The Morgan fingerprint density at radius 3 is 2.28 bits per heavy atom. The maximum atomic E-state index is 12.7. The van der Waals surface area contributed by atoms with E-state index < -0.39 is 24.4 Å². The number of alkyl halides is 1. The van der Waals surface area contributed by atoms with Gasteiger partial charge in [-0.25, -0.2) is 4.39 Å². The van der Waals surface area contributed by atoms with Gasteiger partial charge in [0, 0.05) is 31.0 Å². The van der Waals surface area contributed by atoms with Crippen LogP contribution >= 0.6 is 0 Å². The van der Waals surface area contributed by atoms with E-state index in [1.165, 1.54) is 0 Å². The van der Waals surface area contributed by atoms with Crippen molar-refractivity contribution >= 4 is 23.2 Å². The van der Waals surface area contributed by atoms with Crippen LogP contribution in [-0.2, 0) is 14.4 Å². The normalized spacial score (nSPS) is 13.2. The zero-order valence-electron chi connectivity index (χ0n) is 15.0. The molecule has 1 aromatic carbocycles. The summed E-state index contributed by atoms with van der Waals surface area (Å²) in [7, 11) is 0. The summed E-state index contributed by atoms with van der Waals surface area (Å²) in [5.41, 5.74) is 0.733. The standard InChI is InChI=1S/C19H27FN2O3/c1-4-16(24)17(13(2)3)18(22-14-8-6-5-7-9-14)19(25)21-11-10-15(23)12-20/h5-9,13,17-18,22H,4,10-12H2,1-3H3,(H,21,25)/t17?,18-/m0/s1. The maximum absolute atomic E-state index is 12.7. The molecule has 2 N–H and O–H groups in total. The van der Waals surface area contributed by atoms with Crippen molar-refractivity contribution < 1.29 is 18.8 Å². The van der Waals surface area contributed by atoms with Crippen LogP contribution in [0.4, 0.5) is 10.1 Å². The predicted molar refractivity (Wildman–Crippen MR) is 96.1 cm³/mol. The van der Waals surface area contributed by atoms with Crippen molar-refractivity contribution in [2.24, 2.45) is 11.8 Å². The highest BCUT2D eigenvalue weighted by Gasteiger charge is 2.34. The molecule has 138 valence electrons. The first-order valence-electron chi connectivity index (χ1n) is 8.60. The number of amides is 1. The van der Waals surface area contributed by atoms with Gasteiger partial charge >= 0.3 is 0 Å². The molecule has 25 heavy (non-hydrogen) atoms. The number of ketones is 2. The number of halogens is 1. The number of rotatable bonds is 11. The molecule has 5 nitrogen and oxygen atoms in total. The van der Waals surface area contributed by atoms with E-state index in [9.17, 15) is 18.8 Å². The van der Waals surface area contributed by atoms with Crippen LogP contribution in [0.25, 0.3) is 0 Å². The van der Waals surface area contributed by atoms with Crippen LogP contribution < -0.4 is 10.6 Å². The molecule has 0 saturated carbocycles. The van der Waals surface area contributed by atoms with Crippen LogP contribution in [0.5, 0.6) is 0 Å². The number of carbonyl (C=O) groups is 3. The minimum absolute atomic E-state index is 0.00147. The molecule has 1 amide bonds. The van der Waals surface area contributed by atoms with Crippen molar-refractivity contribution in [2.75, 3.05) is 18.5 Å². The molecule has 0 aliphatic carbocycles. The summed E-state index contributed by atoms with van der Waals surface area (Å²) in [5.74, 6) is -1.46. The van der Waals surface area contributed by atoms with Gasteiger partial charge in [-0.15, -0.1) is 0 Å². The van der Waals surface area contributed by atoms with Crippen LogP contribution in [-0.4, -0.2) is 36.7 Å². The molecule has 0 fully saturated rings. The molecule has 1 aromatic rings. The minimum atomic E-state index is -1.04. The van der Waals surface area contributed by atoms with E-state index in [4.69, 9.17) is 0 Å². The summed E-state index contributed by atoms with van der Waals surface area (Å²) in [5, 5.41) is 5.78. The summed E-state index contributed by atoms with van der Waals surface area (Å²) < 4.78 is 12.2. The lowest BCUT2D eigenvalue weighted by atomic mass is 9.83. The van der Waals surface area contributed by atoms with Crippen LogP contribution in [0.2, 0.25) is 0 Å². The van der Waals surface area contributed by atoms with Gasteiger partial charge in [-0.2, -0.15) is 0 Å². The molecule has 1 rings (SSSR count). The topological polar surface area (TPSA) is 75.3 Å². The van der Waals surface area contributed by atoms with E-state index in [2.05, 4.69) is 10.6 Å². The van der Waals surface area contributed by atoms with Gasteiger partial charge < -0.3 is 10.6 Å². The number of hydrogen-bond donors (Lipinski definition) is 2. The third kappa shape index (κ3) is 6.64. The SMILES string of the molecule is CCC(=O)C(C(C)C)[C@H](Nc1ccccc1)C(=O)NCCC(=O)CF. The first kappa shape index (κ1) is 20.8. The number of Topliss-reactive ketones (excluding diaryl/α,β-unsaturated/α-hetero) is 2. The number of anilines is 1. The minimum Gasteiger partial charge on any atom is -0.373 e. The fourth-order valence-corrected chi connectivity index (χ4v) is 2.71. The molecule has 6 heteroatoms. The fraction of sp³-hybridized carbons (Fsp3) is 0.526. The zero-order chi connectivity index (χ0) is 18.8. The summed E-state index contributed by atoms with van der Waals surface area (Å²) in [4.78, 5) is 36.1. The molecule has 0 spiro atoms. The second-order valence-corrected chi connectivity index (χ2v) is 6.29. The lowest BCUT2D eigenvalue weighted by molar-refractivity contribution is -0.131. The second-order valence-electron chi connectivity index (χ2n) is 6.29. The predicted octanol–water partition coefficient (Wildman–Crippen LogP) is 2.76. The van der Waals surface area contributed by atoms with Gasteiger partial charge in [0.1, 0.15) is 18.5 Å². The fourth-order valence-electron chi connectivity index (χ4n) is 2.71. The average Bonchev–Trinajstić information content (AvgIpc) is 2.61. The first-order chi connectivity index (χ1) is 11.9. The van der Waals surface area contributed by atoms with Crippen molar-refractivity contribution in [3.63, 3.8) is 0 Å². The van der Waals surface area contributed by atoms with E-state index in [0.29, 0.717) is 6.42 Å². The molecule has 0 aliphatic heterocycles. The summed E-state index contributed by atoms with van der Waals surface area (Å²) in [6.07, 6.45) is 0.276. The third-order valence-corrected chi connectivity index (χ3v) is 4.03. The van der Waals surface area contributed by atoms with Crippen molar-refractivity contribution in [2.45, 2.75) is 39.7 Å². The lowest BCUT2D eigenvalue weighted by Crippen LogP contribution is -2.49. The average molecular weight is 350 g/mol. The van der Waals surface area contributed by atoms with E-state index in [0.717, 1.165) is 5.69 Å². The van der Waals surface area contributed by atoms with Gasteiger partial charge in [0.2, 0.25) is 5.91 Å². The molecule has 0 saturated heterocycles. The molecular weight excluding hydrogens is 323 g/mol. The Bertz CT molecular complexity index is 575. The highest BCUT2D eigenvalue weighted by atomic mass is 19.1. The number of carbonyl (C=O) groups excluding carboxylic acids is 3. The van der Waals surface area contributed by atoms with Crippen LogP contribution in [0.15, 0.2) is 30.3 Å². The number of nitrogens with one attached hydrogen (secondary N) is 2. The zero-order valence-corrected chi connectivity index (χ0v) is 15.0. The van der Waals surface area contributed by atoms with Gasteiger partial charge in [0.05, 0.1) is 0 Å². The second kappa shape index (κ2) is 10.6. The molecule has 1 unspecified atom stereocenters. The Hall–Kier alpha value is -2.24. The third-order valence-electron chi connectivity index (χ3n) is 4.03. The Labute approximate surface area is 148 Å². The van der Waals surface area contributed by atoms with E-state index in [-0.39, 0.29) is 30.6 Å². The number of benzene rings is 1. The Morgan fingerprint density at radius 2 is 1.76 bits per heavy atom. The number of para-hydroxylation sites is 1. The van der Waals surface area contributed by atoms with Crippen LogP contribution in [0, 0.1) is 11.8 Å². The van der Waals surface area contributed by atoms with Crippen molar-refractivity contribution in [3.05, 3.63) is 30.3 Å². The quantitative estimate of drug-likeness (QED) is 0.643. The van der Waals surface area contributed by atoms with Gasteiger partial charge in [0.15, 0.2) is 5.78 Å². The molecular formula is C19H27FN2O3. The Balaban J connectivity index is 2.94. The Kier molecular flexibility index (Phi) is 8.81. The molecule has 2 atom stereocenters. The van der Waals surface area contributed by atoms with Crippen molar-refractivity contribution in [1.82, 2.24) is 5.32 Å². The molecule has 0 radical (unpaired) electrons. The molecule has 0 bridgehead atoms. The summed E-state index contributed by atoms with van der Waals surface area (Å²) in [6, 6.07) is 8.42. The first-order valence-corrected chi connectivity index (χ1v) is 8.60. The largest absolute Gasteiger partial charge is 0.373 e. The summed E-state index contributed by atoms with van der Waals surface area (Å²) in [6.45, 7) is 4.59. The molecule has 0 heterocycles. The van der Waals surface area contributed by atoms with Gasteiger partial charge in [-0.3, -0.25) is 14.4 Å². The maximum Gasteiger partial charge on any atom is 0.243 e. The lowest BCUT2D eigenvalue weighted by Gasteiger charge is -2.29. The molecule has 0 aromatic heterocycles. The van der Waals surface area contributed by atoms with E-state index in [1.54, 1.807) is 6.92 Å². The van der Waals surface area contributed by atoms with Gasteiger partial charge in [0.25, 0.3) is 0 Å². The monoisotopic (exact) mass is 350 g/mol. The number of hydrogen-bond acceptors (Lipinski definition) is 4. The smallest absolute Gasteiger partial charge is 0.243 e. The highest BCUT2D eigenvalue weighted by Crippen LogP contribution is 2.22. The van der Waals surface area contributed by atoms with E-state index in [1.807, 2.05) is 44.2 Å². The van der Waals surface area contributed by atoms with Crippen molar-refractivity contribution in [3.8, 4) is 0 Å². The molecule has 0 aliphatic rings. The Morgan fingerprint density at radius 1 is 1.12 bits per heavy atom. The van der Waals surface area contributed by atoms with Crippen LogP contribution in [0.3, 0.4) is 0 Å². The van der Waals surface area contributed by atoms with Gasteiger partial charge in [-0.05, 0) is 18.1 Å². The van der Waals surface area contributed by atoms with E-state index >= 15 is 0 Å². The van der Waals surface area contributed by atoms with Gasteiger partial charge in [-0.1, -0.05) is 39.0 Å². The van der Waals surface area contributed by atoms with Crippen LogP contribution in [0.1, 0.15) is 33.6 Å². The highest BCUT2D eigenvalue weighted by molar-refractivity contribution is 5.93.